The first kappa shape index (κ1) is 11.2. The Morgan fingerprint density at radius 3 is 2.83 bits per heavy atom. The van der Waals surface area contributed by atoms with E-state index < -0.39 is 0 Å². The van der Waals surface area contributed by atoms with E-state index in [9.17, 15) is 4.79 Å². The van der Waals surface area contributed by atoms with E-state index in [4.69, 9.17) is 5.11 Å². The van der Waals surface area contributed by atoms with Crippen molar-refractivity contribution in [3.05, 3.63) is 12.2 Å². The Bertz CT molecular complexity index is 141. The molecule has 0 bridgehead atoms. The molecular weight excluding hydrogens is 156 g/mol. The standard InChI is InChI=1S/C9H16O3/c1-2-3-4-5-6-9(11)12-8-7-10/h4-5,10H,2-3,6-8H2,1H3. The van der Waals surface area contributed by atoms with Gasteiger partial charge in [-0.05, 0) is 6.42 Å². The topological polar surface area (TPSA) is 46.5 Å². The third kappa shape index (κ3) is 7.28. The molecule has 0 aromatic rings. The minimum atomic E-state index is -0.281. The van der Waals surface area contributed by atoms with Crippen molar-refractivity contribution in [2.75, 3.05) is 13.2 Å². The lowest BCUT2D eigenvalue weighted by molar-refractivity contribution is -0.143. The van der Waals surface area contributed by atoms with Crippen LogP contribution in [0.15, 0.2) is 12.2 Å². The zero-order valence-electron chi connectivity index (χ0n) is 7.45. The molecule has 0 aliphatic carbocycles. The van der Waals surface area contributed by atoms with Gasteiger partial charge < -0.3 is 9.84 Å². The van der Waals surface area contributed by atoms with Gasteiger partial charge in [-0.2, -0.15) is 0 Å². The Kier molecular flexibility index (Phi) is 7.70. The van der Waals surface area contributed by atoms with Crippen LogP contribution in [0.5, 0.6) is 0 Å². The number of aliphatic hydroxyl groups is 1. The number of unbranched alkanes of at least 4 members (excludes halogenated alkanes) is 1. The quantitative estimate of drug-likeness (QED) is 0.484. The number of hydrogen-bond acceptors (Lipinski definition) is 3. The summed E-state index contributed by atoms with van der Waals surface area (Å²) in [6.45, 7) is 2.07. The number of ether oxygens (including phenoxy) is 1. The lowest BCUT2D eigenvalue weighted by atomic mass is 10.3. The molecule has 0 rings (SSSR count). The summed E-state index contributed by atoms with van der Waals surface area (Å²) in [6, 6.07) is 0. The number of aliphatic hydroxyl groups excluding tert-OH is 1. The van der Waals surface area contributed by atoms with Crippen LogP contribution in [-0.2, 0) is 9.53 Å². The van der Waals surface area contributed by atoms with Crippen LogP contribution >= 0.6 is 0 Å². The number of carbonyl (C=O) groups excluding carboxylic acids is 1. The highest BCUT2D eigenvalue weighted by Crippen LogP contribution is 1.93. The van der Waals surface area contributed by atoms with Gasteiger partial charge >= 0.3 is 5.97 Å². The van der Waals surface area contributed by atoms with Gasteiger partial charge in [-0.15, -0.1) is 0 Å². The summed E-state index contributed by atoms with van der Waals surface area (Å²) in [5.41, 5.74) is 0. The van der Waals surface area contributed by atoms with Crippen molar-refractivity contribution in [1.82, 2.24) is 0 Å². The molecule has 0 heterocycles. The molecular formula is C9H16O3. The summed E-state index contributed by atoms with van der Waals surface area (Å²) >= 11 is 0. The van der Waals surface area contributed by atoms with Crippen LogP contribution in [0.3, 0.4) is 0 Å². The molecule has 0 saturated heterocycles. The van der Waals surface area contributed by atoms with E-state index in [0.717, 1.165) is 12.8 Å². The Morgan fingerprint density at radius 1 is 1.50 bits per heavy atom. The molecule has 12 heavy (non-hydrogen) atoms. The predicted octanol–water partition coefficient (Wildman–Crippen LogP) is 1.27. The van der Waals surface area contributed by atoms with Gasteiger partial charge in [-0.1, -0.05) is 25.5 Å². The third-order valence-corrected chi connectivity index (χ3v) is 1.26. The molecule has 0 unspecified atom stereocenters. The van der Waals surface area contributed by atoms with E-state index in [0.29, 0.717) is 6.42 Å². The molecule has 3 heteroatoms. The summed E-state index contributed by atoms with van der Waals surface area (Å²) in [5.74, 6) is -0.281. The van der Waals surface area contributed by atoms with Gasteiger partial charge in [0, 0.05) is 0 Å². The van der Waals surface area contributed by atoms with Gasteiger partial charge in [0.25, 0.3) is 0 Å². The number of hydrogen-bond donors (Lipinski definition) is 1. The molecule has 0 radical (unpaired) electrons. The van der Waals surface area contributed by atoms with Crippen LogP contribution in [0.2, 0.25) is 0 Å². The van der Waals surface area contributed by atoms with E-state index >= 15 is 0 Å². The number of rotatable bonds is 6. The van der Waals surface area contributed by atoms with Gasteiger partial charge in [-0.25, -0.2) is 0 Å². The molecule has 0 aliphatic rings. The second-order valence-corrected chi connectivity index (χ2v) is 2.41. The second-order valence-electron chi connectivity index (χ2n) is 2.41. The van der Waals surface area contributed by atoms with Gasteiger partial charge in [-0.3, -0.25) is 4.79 Å². The van der Waals surface area contributed by atoms with Gasteiger partial charge in [0.2, 0.25) is 0 Å². The average molecular weight is 172 g/mol. The van der Waals surface area contributed by atoms with E-state index in [1.165, 1.54) is 0 Å². The molecule has 0 aromatic carbocycles. The Balaban J connectivity index is 3.30. The third-order valence-electron chi connectivity index (χ3n) is 1.26. The first-order valence-electron chi connectivity index (χ1n) is 4.22. The van der Waals surface area contributed by atoms with Crippen LogP contribution in [0.4, 0.5) is 0 Å². The number of allylic oxidation sites excluding steroid dienone is 1. The van der Waals surface area contributed by atoms with Crippen LogP contribution in [0.25, 0.3) is 0 Å². The molecule has 70 valence electrons. The molecule has 0 atom stereocenters. The lowest BCUT2D eigenvalue weighted by Gasteiger charge is -1.98. The van der Waals surface area contributed by atoms with Crippen LogP contribution in [-0.4, -0.2) is 24.3 Å². The minimum Gasteiger partial charge on any atom is -0.463 e. The van der Waals surface area contributed by atoms with Crippen molar-refractivity contribution in [2.45, 2.75) is 26.2 Å². The fraction of sp³-hybridized carbons (Fsp3) is 0.667. The van der Waals surface area contributed by atoms with Gasteiger partial charge in [0.1, 0.15) is 6.61 Å². The van der Waals surface area contributed by atoms with Crippen molar-refractivity contribution >= 4 is 5.97 Å². The molecule has 1 N–H and O–H groups in total. The summed E-state index contributed by atoms with van der Waals surface area (Å²) in [4.78, 5) is 10.8. The zero-order valence-corrected chi connectivity index (χ0v) is 7.45. The monoisotopic (exact) mass is 172 g/mol. The first-order chi connectivity index (χ1) is 5.81. The summed E-state index contributed by atoms with van der Waals surface area (Å²) in [6.07, 6.45) is 6.14. The van der Waals surface area contributed by atoms with Crippen LogP contribution < -0.4 is 0 Å². The maximum atomic E-state index is 10.8. The van der Waals surface area contributed by atoms with Crippen molar-refractivity contribution in [3.8, 4) is 0 Å². The van der Waals surface area contributed by atoms with Crippen molar-refractivity contribution < 1.29 is 14.6 Å². The summed E-state index contributed by atoms with van der Waals surface area (Å²) in [5, 5.41) is 8.33. The van der Waals surface area contributed by atoms with E-state index in [2.05, 4.69) is 11.7 Å². The Hall–Kier alpha value is -0.830. The molecule has 3 nitrogen and oxygen atoms in total. The molecule has 0 saturated carbocycles. The minimum absolute atomic E-state index is 0.0977. The lowest BCUT2D eigenvalue weighted by Crippen LogP contribution is -2.06. The highest BCUT2D eigenvalue weighted by Gasteiger charge is 1.96. The number of esters is 1. The van der Waals surface area contributed by atoms with Crippen molar-refractivity contribution in [1.29, 1.82) is 0 Å². The predicted molar refractivity (Wildman–Crippen MR) is 46.7 cm³/mol. The van der Waals surface area contributed by atoms with Crippen molar-refractivity contribution in [2.24, 2.45) is 0 Å². The Labute approximate surface area is 73.0 Å². The van der Waals surface area contributed by atoms with Crippen LogP contribution in [0, 0.1) is 0 Å². The fourth-order valence-electron chi connectivity index (χ4n) is 0.682. The molecule has 0 fully saturated rings. The Morgan fingerprint density at radius 2 is 2.25 bits per heavy atom. The largest absolute Gasteiger partial charge is 0.463 e. The SMILES string of the molecule is CCCC=CCC(=O)OCCO. The maximum Gasteiger partial charge on any atom is 0.309 e. The van der Waals surface area contributed by atoms with E-state index in [1.54, 1.807) is 6.08 Å². The fourth-order valence-corrected chi connectivity index (χ4v) is 0.682. The smallest absolute Gasteiger partial charge is 0.309 e. The second kappa shape index (κ2) is 8.27. The van der Waals surface area contributed by atoms with Gasteiger partial charge in [0.15, 0.2) is 0 Å². The summed E-state index contributed by atoms with van der Waals surface area (Å²) in [7, 11) is 0. The number of carbonyl (C=O) groups is 1. The summed E-state index contributed by atoms with van der Waals surface area (Å²) < 4.78 is 4.63. The normalized spacial score (nSPS) is 10.5. The average Bonchev–Trinajstić information content (AvgIpc) is 2.09. The zero-order chi connectivity index (χ0) is 9.23. The highest BCUT2D eigenvalue weighted by molar-refractivity contribution is 5.71. The molecule has 0 spiro atoms. The maximum absolute atomic E-state index is 10.8. The van der Waals surface area contributed by atoms with Gasteiger partial charge in [0.05, 0.1) is 13.0 Å². The highest BCUT2D eigenvalue weighted by atomic mass is 16.5. The van der Waals surface area contributed by atoms with E-state index in [-0.39, 0.29) is 19.2 Å². The van der Waals surface area contributed by atoms with Crippen molar-refractivity contribution in [3.63, 3.8) is 0 Å². The van der Waals surface area contributed by atoms with Crippen LogP contribution in [0.1, 0.15) is 26.2 Å². The molecule has 0 amide bonds. The molecule has 0 aliphatic heterocycles. The first-order valence-corrected chi connectivity index (χ1v) is 4.22. The van der Waals surface area contributed by atoms with E-state index in [1.807, 2.05) is 6.08 Å². The molecule has 0 aromatic heterocycles.